The predicted molar refractivity (Wildman–Crippen MR) is 160 cm³/mol. The zero-order chi connectivity index (χ0) is 29.2. The van der Waals surface area contributed by atoms with Gasteiger partial charge in [0.1, 0.15) is 23.0 Å². The molecule has 1 amide bonds. The van der Waals surface area contributed by atoms with Crippen LogP contribution in [0.1, 0.15) is 41.9 Å². The normalized spacial score (nSPS) is 13.6. The molecule has 1 saturated carbocycles. The van der Waals surface area contributed by atoms with E-state index in [0.717, 1.165) is 53.3 Å². The summed E-state index contributed by atoms with van der Waals surface area (Å²) in [6.45, 7) is 2.78. The molecule has 2 N–H and O–H groups in total. The zero-order valence-electron chi connectivity index (χ0n) is 24.2. The molecular weight excluding hydrogens is 536 g/mol. The van der Waals surface area contributed by atoms with Gasteiger partial charge in [-0.25, -0.2) is 4.98 Å². The lowest BCUT2D eigenvalue weighted by Gasteiger charge is -2.18. The Morgan fingerprint density at radius 3 is 2.74 bits per heavy atom. The molecule has 1 aliphatic carbocycles. The van der Waals surface area contributed by atoms with E-state index in [0.29, 0.717) is 53.5 Å². The second-order valence-electron chi connectivity index (χ2n) is 10.5. The summed E-state index contributed by atoms with van der Waals surface area (Å²) in [7, 11) is 4.91. The van der Waals surface area contributed by atoms with Gasteiger partial charge in [0, 0.05) is 44.9 Å². The van der Waals surface area contributed by atoms with Crippen LogP contribution in [0.25, 0.3) is 33.3 Å². The van der Waals surface area contributed by atoms with Gasteiger partial charge in [-0.3, -0.25) is 4.79 Å². The summed E-state index contributed by atoms with van der Waals surface area (Å²) in [5, 5.41) is 4.07. The fourth-order valence-corrected chi connectivity index (χ4v) is 5.34. The Morgan fingerprint density at radius 1 is 1.12 bits per heavy atom. The van der Waals surface area contributed by atoms with E-state index < -0.39 is 0 Å². The van der Waals surface area contributed by atoms with Crippen molar-refractivity contribution in [1.29, 1.82) is 0 Å². The van der Waals surface area contributed by atoms with Crippen LogP contribution >= 0.6 is 0 Å². The van der Waals surface area contributed by atoms with Crippen molar-refractivity contribution >= 4 is 39.7 Å². The Hall–Kier alpha value is -4.64. The maximum Gasteiger partial charge on any atom is 0.253 e. The Labute approximate surface area is 243 Å². The standard InChI is InChI=1S/C31H34N6O5/c1-18-33-24-11-9-19(15-26(24)41-18)22-17-32-28-27(22)29(42-21-7-5-6-8-21)36-31(35-28)34-23-12-10-20(16-25(23)40-4)30(38)37(2)13-14-39-3/h9-12,15-17,21H,5-8,13-14H2,1-4H3,(H2,32,34,35,36). The van der Waals surface area contributed by atoms with Gasteiger partial charge < -0.3 is 33.8 Å². The zero-order valence-corrected chi connectivity index (χ0v) is 24.2. The van der Waals surface area contributed by atoms with Gasteiger partial charge in [-0.1, -0.05) is 6.07 Å². The van der Waals surface area contributed by atoms with Crippen molar-refractivity contribution in [3.8, 4) is 22.8 Å². The molecule has 0 bridgehead atoms. The van der Waals surface area contributed by atoms with Crippen molar-refractivity contribution in [2.75, 3.05) is 39.7 Å². The van der Waals surface area contributed by atoms with E-state index in [4.69, 9.17) is 28.6 Å². The number of fused-ring (bicyclic) bond motifs is 2. The molecule has 11 heteroatoms. The number of carbonyl (C=O) groups excluding carboxylic acids is 1. The van der Waals surface area contributed by atoms with Crippen LogP contribution in [0, 0.1) is 6.92 Å². The number of nitrogens with zero attached hydrogens (tertiary/aromatic N) is 4. The summed E-state index contributed by atoms with van der Waals surface area (Å²) in [5.74, 6) is 1.84. The number of aryl methyl sites for hydroxylation is 1. The molecule has 6 rings (SSSR count). The average molecular weight is 571 g/mol. The SMILES string of the molecule is COCCN(C)C(=O)c1ccc(Nc2nc(OC3CCCC3)c3c(-c4ccc5nc(C)oc5c4)c[nH]c3n2)c(OC)c1. The summed E-state index contributed by atoms with van der Waals surface area (Å²) in [5.41, 5.74) is 5.15. The minimum Gasteiger partial charge on any atom is -0.495 e. The highest BCUT2D eigenvalue weighted by atomic mass is 16.5. The lowest BCUT2D eigenvalue weighted by atomic mass is 10.1. The monoisotopic (exact) mass is 570 g/mol. The minimum atomic E-state index is -0.126. The van der Waals surface area contributed by atoms with E-state index >= 15 is 0 Å². The van der Waals surface area contributed by atoms with E-state index in [2.05, 4.69) is 15.3 Å². The number of ether oxygens (including phenoxy) is 3. The number of hydrogen-bond acceptors (Lipinski definition) is 9. The summed E-state index contributed by atoms with van der Waals surface area (Å²) in [6, 6.07) is 11.2. The van der Waals surface area contributed by atoms with Crippen molar-refractivity contribution in [2.24, 2.45) is 0 Å². The van der Waals surface area contributed by atoms with Crippen LogP contribution in [0.3, 0.4) is 0 Å². The van der Waals surface area contributed by atoms with Gasteiger partial charge in [0.2, 0.25) is 11.8 Å². The summed E-state index contributed by atoms with van der Waals surface area (Å²) >= 11 is 0. The molecule has 3 aromatic heterocycles. The molecule has 0 saturated heterocycles. The van der Waals surface area contributed by atoms with Crippen molar-refractivity contribution in [2.45, 2.75) is 38.7 Å². The van der Waals surface area contributed by atoms with E-state index in [1.807, 2.05) is 31.3 Å². The minimum absolute atomic E-state index is 0.0908. The molecule has 3 heterocycles. The first kappa shape index (κ1) is 27.5. The number of nitrogens with one attached hydrogen (secondary N) is 2. The molecule has 218 valence electrons. The number of oxazole rings is 1. The summed E-state index contributed by atoms with van der Waals surface area (Å²) in [6.07, 6.45) is 6.24. The number of aromatic nitrogens is 4. The van der Waals surface area contributed by atoms with Crippen LogP contribution in [-0.4, -0.2) is 71.3 Å². The lowest BCUT2D eigenvalue weighted by Crippen LogP contribution is -2.29. The number of benzene rings is 2. The molecule has 0 radical (unpaired) electrons. The Balaban J connectivity index is 1.35. The van der Waals surface area contributed by atoms with Crippen molar-refractivity contribution < 1.29 is 23.4 Å². The molecule has 42 heavy (non-hydrogen) atoms. The van der Waals surface area contributed by atoms with Crippen LogP contribution < -0.4 is 14.8 Å². The molecular formula is C31H34N6O5. The predicted octanol–water partition coefficient (Wildman–Crippen LogP) is 5.87. The summed E-state index contributed by atoms with van der Waals surface area (Å²) in [4.78, 5) is 31.8. The van der Waals surface area contributed by atoms with Crippen molar-refractivity contribution in [3.63, 3.8) is 0 Å². The van der Waals surface area contributed by atoms with Crippen LogP contribution in [0.2, 0.25) is 0 Å². The van der Waals surface area contributed by atoms with Crippen molar-refractivity contribution in [3.05, 3.63) is 54.0 Å². The Morgan fingerprint density at radius 2 is 1.95 bits per heavy atom. The van der Waals surface area contributed by atoms with Gasteiger partial charge in [-0.2, -0.15) is 9.97 Å². The number of methoxy groups -OCH3 is 2. The van der Waals surface area contributed by atoms with Crippen molar-refractivity contribution in [1.82, 2.24) is 24.8 Å². The number of aromatic amines is 1. The number of H-pyrrole nitrogens is 1. The van der Waals surface area contributed by atoms with Crippen LogP contribution in [0.4, 0.5) is 11.6 Å². The van der Waals surface area contributed by atoms with E-state index in [1.165, 1.54) is 0 Å². The number of rotatable bonds is 10. The molecule has 0 unspecified atom stereocenters. The number of likely N-dealkylation sites (N-methyl/N-ethyl adjacent to an activating group) is 1. The second-order valence-corrected chi connectivity index (χ2v) is 10.5. The van der Waals surface area contributed by atoms with Gasteiger partial charge in [0.25, 0.3) is 5.91 Å². The molecule has 0 atom stereocenters. The van der Waals surface area contributed by atoms with E-state index in [-0.39, 0.29) is 12.0 Å². The quantitative estimate of drug-likeness (QED) is 0.212. The third kappa shape index (κ3) is 5.47. The fraction of sp³-hybridized carbons (Fsp3) is 0.355. The average Bonchev–Trinajstić information content (AvgIpc) is 3.75. The molecule has 1 aliphatic rings. The van der Waals surface area contributed by atoms with Crippen LogP contribution in [-0.2, 0) is 4.74 Å². The van der Waals surface area contributed by atoms with Crippen LogP contribution in [0.5, 0.6) is 11.6 Å². The van der Waals surface area contributed by atoms with Gasteiger partial charge >= 0.3 is 0 Å². The Kier molecular flexibility index (Phi) is 7.66. The summed E-state index contributed by atoms with van der Waals surface area (Å²) < 4.78 is 23.0. The highest BCUT2D eigenvalue weighted by molar-refractivity contribution is 5.99. The topological polar surface area (TPSA) is 128 Å². The third-order valence-electron chi connectivity index (χ3n) is 7.56. The fourth-order valence-electron chi connectivity index (χ4n) is 5.34. The molecule has 0 aliphatic heterocycles. The highest BCUT2D eigenvalue weighted by Crippen LogP contribution is 2.38. The second kappa shape index (κ2) is 11.7. The molecule has 11 nitrogen and oxygen atoms in total. The van der Waals surface area contributed by atoms with Gasteiger partial charge in [0.05, 0.1) is 24.8 Å². The highest BCUT2D eigenvalue weighted by Gasteiger charge is 2.23. The van der Waals surface area contributed by atoms with E-state index in [9.17, 15) is 4.79 Å². The number of carbonyl (C=O) groups is 1. The first-order chi connectivity index (χ1) is 20.4. The molecule has 1 fully saturated rings. The lowest BCUT2D eigenvalue weighted by molar-refractivity contribution is 0.0744. The number of amides is 1. The van der Waals surface area contributed by atoms with E-state index in [1.54, 1.807) is 44.4 Å². The first-order valence-electron chi connectivity index (χ1n) is 14.1. The first-order valence-corrected chi connectivity index (χ1v) is 14.1. The van der Waals surface area contributed by atoms with Crippen LogP contribution in [0.15, 0.2) is 47.0 Å². The third-order valence-corrected chi connectivity index (χ3v) is 7.56. The maximum absolute atomic E-state index is 12.9. The van der Waals surface area contributed by atoms with Gasteiger partial charge in [0.15, 0.2) is 11.5 Å². The smallest absolute Gasteiger partial charge is 0.253 e. The van der Waals surface area contributed by atoms with Gasteiger partial charge in [-0.05, 0) is 61.6 Å². The Bertz CT molecular complexity index is 1740. The molecule has 5 aromatic rings. The number of anilines is 2. The number of hydrogen-bond donors (Lipinski definition) is 2. The molecule has 0 spiro atoms. The maximum atomic E-state index is 12.9. The van der Waals surface area contributed by atoms with Gasteiger partial charge in [-0.15, -0.1) is 0 Å². The molecule has 2 aromatic carbocycles. The largest absolute Gasteiger partial charge is 0.495 e.